The molecule has 1 unspecified atom stereocenters. The number of hydrogen-bond donors (Lipinski definition) is 1. The highest BCUT2D eigenvalue weighted by molar-refractivity contribution is 6.30. The second-order valence-corrected chi connectivity index (χ2v) is 5.40. The molecule has 100 valence electrons. The highest BCUT2D eigenvalue weighted by Crippen LogP contribution is 2.20. The largest absolute Gasteiger partial charge is 0.306 e. The van der Waals surface area contributed by atoms with Gasteiger partial charge in [-0.3, -0.25) is 0 Å². The molecule has 0 saturated heterocycles. The van der Waals surface area contributed by atoms with Crippen LogP contribution in [0.5, 0.6) is 0 Å². The number of benzene rings is 2. The molecule has 0 aliphatic heterocycles. The maximum absolute atomic E-state index is 5.99. The lowest BCUT2D eigenvalue weighted by molar-refractivity contribution is 0.519. The highest BCUT2D eigenvalue weighted by Gasteiger charge is 2.08. The summed E-state index contributed by atoms with van der Waals surface area (Å²) in [6, 6.07) is 16.3. The summed E-state index contributed by atoms with van der Waals surface area (Å²) in [5.41, 5.74) is 2.45. The summed E-state index contributed by atoms with van der Waals surface area (Å²) in [5.74, 6) is 0. The third kappa shape index (κ3) is 4.24. The van der Waals surface area contributed by atoms with Gasteiger partial charge >= 0.3 is 0 Å². The summed E-state index contributed by atoms with van der Waals surface area (Å²) < 4.78 is 0. The Bertz CT molecular complexity index is 523. The minimum atomic E-state index is 0.330. The van der Waals surface area contributed by atoms with Crippen molar-refractivity contribution in [2.45, 2.75) is 25.9 Å². The van der Waals surface area contributed by atoms with Crippen LogP contribution in [-0.2, 0) is 6.54 Å². The summed E-state index contributed by atoms with van der Waals surface area (Å²) in [7, 11) is 0. The lowest BCUT2D eigenvalue weighted by Crippen LogP contribution is -2.20. The first kappa shape index (κ1) is 14.4. The fourth-order valence-electron chi connectivity index (χ4n) is 2.08. The molecule has 19 heavy (non-hydrogen) atoms. The molecule has 0 heterocycles. The second-order valence-electron chi connectivity index (χ2n) is 4.52. The van der Waals surface area contributed by atoms with E-state index in [1.165, 1.54) is 11.1 Å². The van der Waals surface area contributed by atoms with E-state index >= 15 is 0 Å². The van der Waals surface area contributed by atoms with E-state index < -0.39 is 0 Å². The summed E-state index contributed by atoms with van der Waals surface area (Å²) in [5, 5.41) is 5.10. The van der Waals surface area contributed by atoms with Gasteiger partial charge in [-0.2, -0.15) is 0 Å². The fraction of sp³-hybridized carbons (Fsp3) is 0.250. The van der Waals surface area contributed by atoms with E-state index in [9.17, 15) is 0 Å². The second kappa shape index (κ2) is 6.95. The zero-order valence-corrected chi connectivity index (χ0v) is 12.4. The molecule has 0 aromatic heterocycles. The van der Waals surface area contributed by atoms with Gasteiger partial charge in [-0.25, -0.2) is 0 Å². The molecule has 0 fully saturated rings. The number of hydrogen-bond acceptors (Lipinski definition) is 1. The van der Waals surface area contributed by atoms with Gasteiger partial charge in [0, 0.05) is 22.6 Å². The summed E-state index contributed by atoms with van der Waals surface area (Å²) >= 11 is 11.9. The molecule has 2 aromatic carbocycles. The van der Waals surface area contributed by atoms with Crippen molar-refractivity contribution in [2.75, 3.05) is 0 Å². The highest BCUT2D eigenvalue weighted by atomic mass is 35.5. The van der Waals surface area contributed by atoms with Crippen molar-refractivity contribution in [2.24, 2.45) is 0 Å². The normalized spacial score (nSPS) is 12.4. The van der Waals surface area contributed by atoms with E-state index in [-0.39, 0.29) is 0 Å². The van der Waals surface area contributed by atoms with E-state index in [0.29, 0.717) is 6.04 Å². The zero-order chi connectivity index (χ0) is 13.7. The molecule has 0 radical (unpaired) electrons. The molecule has 0 aliphatic rings. The lowest BCUT2D eigenvalue weighted by Gasteiger charge is -2.17. The first-order valence-corrected chi connectivity index (χ1v) is 7.18. The van der Waals surface area contributed by atoms with Gasteiger partial charge in [0.25, 0.3) is 0 Å². The molecule has 0 saturated carbocycles. The van der Waals surface area contributed by atoms with Crippen molar-refractivity contribution in [3.63, 3.8) is 0 Å². The molecular weight excluding hydrogens is 277 g/mol. The summed E-state index contributed by atoms with van der Waals surface area (Å²) in [4.78, 5) is 0. The molecule has 1 nitrogen and oxygen atoms in total. The van der Waals surface area contributed by atoms with Crippen molar-refractivity contribution in [3.8, 4) is 0 Å². The molecule has 3 heteroatoms. The van der Waals surface area contributed by atoms with Crippen LogP contribution >= 0.6 is 23.2 Å². The monoisotopic (exact) mass is 293 g/mol. The maximum Gasteiger partial charge on any atom is 0.0409 e. The van der Waals surface area contributed by atoms with Crippen molar-refractivity contribution in [1.82, 2.24) is 5.32 Å². The van der Waals surface area contributed by atoms with Gasteiger partial charge in [0.1, 0.15) is 0 Å². The quantitative estimate of drug-likeness (QED) is 0.795. The van der Waals surface area contributed by atoms with Gasteiger partial charge in [-0.15, -0.1) is 0 Å². The topological polar surface area (TPSA) is 12.0 Å². The molecule has 0 aliphatic carbocycles. The lowest BCUT2D eigenvalue weighted by atomic mass is 10.0. The Morgan fingerprint density at radius 2 is 1.74 bits per heavy atom. The van der Waals surface area contributed by atoms with Gasteiger partial charge in [-0.05, 0) is 41.8 Å². The molecule has 0 spiro atoms. The van der Waals surface area contributed by atoms with Gasteiger partial charge in [0.15, 0.2) is 0 Å². The Morgan fingerprint density at radius 3 is 2.37 bits per heavy atom. The molecule has 0 amide bonds. The number of rotatable bonds is 5. The summed E-state index contributed by atoms with van der Waals surface area (Å²) in [6.45, 7) is 2.98. The van der Waals surface area contributed by atoms with Crippen LogP contribution in [-0.4, -0.2) is 0 Å². The Morgan fingerprint density at radius 1 is 1.00 bits per heavy atom. The van der Waals surface area contributed by atoms with Crippen LogP contribution in [0, 0.1) is 0 Å². The molecule has 0 bridgehead atoms. The first-order valence-electron chi connectivity index (χ1n) is 6.42. The molecule has 1 atom stereocenters. The molecule has 2 rings (SSSR count). The zero-order valence-electron chi connectivity index (χ0n) is 10.9. The van der Waals surface area contributed by atoms with Crippen molar-refractivity contribution < 1.29 is 0 Å². The van der Waals surface area contributed by atoms with Crippen LogP contribution in [0.1, 0.15) is 30.5 Å². The van der Waals surface area contributed by atoms with Crippen LogP contribution < -0.4 is 5.32 Å². The van der Waals surface area contributed by atoms with Crippen LogP contribution in [0.2, 0.25) is 10.0 Å². The van der Waals surface area contributed by atoms with E-state index in [1.54, 1.807) is 0 Å². The SMILES string of the molecule is CCC(NCc1cccc(Cl)c1)c1ccc(Cl)cc1. The van der Waals surface area contributed by atoms with Gasteiger partial charge in [-0.1, -0.05) is 54.4 Å². The Labute approximate surface area is 124 Å². The number of halogens is 2. The van der Waals surface area contributed by atoms with Gasteiger partial charge in [0.05, 0.1) is 0 Å². The van der Waals surface area contributed by atoms with E-state index in [2.05, 4.69) is 30.4 Å². The number of nitrogens with one attached hydrogen (secondary N) is 1. The van der Waals surface area contributed by atoms with Crippen molar-refractivity contribution >= 4 is 23.2 Å². The van der Waals surface area contributed by atoms with Crippen LogP contribution in [0.3, 0.4) is 0 Å². The first-order chi connectivity index (χ1) is 9.19. The van der Waals surface area contributed by atoms with E-state index in [0.717, 1.165) is 23.0 Å². The van der Waals surface area contributed by atoms with E-state index in [1.807, 2.05) is 30.3 Å². The molecular formula is C16H17Cl2N. The average Bonchev–Trinajstić information content (AvgIpc) is 2.41. The Hall–Kier alpha value is -1.02. The fourth-order valence-corrected chi connectivity index (χ4v) is 2.42. The standard InChI is InChI=1S/C16H17Cl2N/c1-2-16(13-6-8-14(17)9-7-13)19-11-12-4-3-5-15(18)10-12/h3-10,16,19H,2,11H2,1H3. The van der Waals surface area contributed by atoms with Crippen LogP contribution in [0.25, 0.3) is 0 Å². The molecule has 2 aromatic rings. The van der Waals surface area contributed by atoms with Gasteiger partial charge in [0.2, 0.25) is 0 Å². The minimum absolute atomic E-state index is 0.330. The predicted molar refractivity (Wildman–Crippen MR) is 82.8 cm³/mol. The minimum Gasteiger partial charge on any atom is -0.306 e. The summed E-state index contributed by atoms with van der Waals surface area (Å²) in [6.07, 6.45) is 1.03. The maximum atomic E-state index is 5.99. The Balaban J connectivity index is 2.01. The van der Waals surface area contributed by atoms with Crippen LogP contribution in [0.15, 0.2) is 48.5 Å². The Kier molecular flexibility index (Phi) is 5.26. The smallest absolute Gasteiger partial charge is 0.0409 e. The third-order valence-electron chi connectivity index (χ3n) is 3.12. The molecule has 1 N–H and O–H groups in total. The van der Waals surface area contributed by atoms with Crippen molar-refractivity contribution in [1.29, 1.82) is 0 Å². The third-order valence-corrected chi connectivity index (χ3v) is 3.61. The van der Waals surface area contributed by atoms with Gasteiger partial charge < -0.3 is 5.32 Å². The van der Waals surface area contributed by atoms with E-state index in [4.69, 9.17) is 23.2 Å². The average molecular weight is 294 g/mol. The van der Waals surface area contributed by atoms with Crippen molar-refractivity contribution in [3.05, 3.63) is 69.7 Å². The van der Waals surface area contributed by atoms with Crippen LogP contribution in [0.4, 0.5) is 0 Å². The predicted octanol–water partition coefficient (Wildman–Crippen LogP) is 5.23.